The Hall–Kier alpha value is -0.570. The van der Waals surface area contributed by atoms with E-state index in [2.05, 4.69) is 17.7 Å². The topological polar surface area (TPSA) is 39.8 Å². The van der Waals surface area contributed by atoms with E-state index < -0.39 is 17.6 Å². The Morgan fingerprint density at radius 3 is 2.19 bits per heavy atom. The molecule has 1 aromatic heterocycles. The lowest BCUT2D eigenvalue weighted by Crippen LogP contribution is -2.20. The van der Waals surface area contributed by atoms with Crippen molar-refractivity contribution in [2.75, 3.05) is 12.0 Å². The Kier molecular flexibility index (Phi) is 6.01. The van der Waals surface area contributed by atoms with Crippen LogP contribution in [0.3, 0.4) is 0 Å². The lowest BCUT2D eigenvalue weighted by Gasteiger charge is -2.03. The molecule has 0 bridgehead atoms. The van der Waals surface area contributed by atoms with Gasteiger partial charge < -0.3 is 0 Å². The van der Waals surface area contributed by atoms with Crippen molar-refractivity contribution in [3.8, 4) is 0 Å². The quantitative estimate of drug-likeness (QED) is 0.653. The molecule has 0 saturated carbocycles. The molecule has 1 heterocycles. The summed E-state index contributed by atoms with van der Waals surface area (Å²) in [4.78, 5) is 11.1. The first-order chi connectivity index (χ1) is 7.31. The van der Waals surface area contributed by atoms with Crippen molar-refractivity contribution < 1.29 is 13.2 Å². The zero-order chi connectivity index (χ0) is 12.9. The highest BCUT2D eigenvalue weighted by molar-refractivity contribution is 7.99. The maximum Gasteiger partial charge on any atom is 0.398 e. The molecule has 94 valence electrons. The normalized spacial score (nSPS) is 10.9. The first-order valence-corrected chi connectivity index (χ1v) is 5.93. The first kappa shape index (κ1) is 15.4. The van der Waals surface area contributed by atoms with E-state index in [1.54, 1.807) is 6.26 Å². The molecule has 1 rings (SSSR count). The van der Waals surface area contributed by atoms with Gasteiger partial charge in [-0.3, -0.25) is 4.57 Å². The van der Waals surface area contributed by atoms with Crippen LogP contribution >= 0.6 is 24.4 Å². The number of alkyl halides is 3. The van der Waals surface area contributed by atoms with Crippen LogP contribution in [-0.2, 0) is 14.1 Å². The van der Waals surface area contributed by atoms with Gasteiger partial charge in [0.1, 0.15) is 0 Å². The second-order valence-corrected chi connectivity index (χ2v) is 3.59. The summed E-state index contributed by atoms with van der Waals surface area (Å²) in [5, 5.41) is 3.71. The molecule has 0 aliphatic heterocycles. The van der Waals surface area contributed by atoms with Gasteiger partial charge in [-0.1, -0.05) is 11.8 Å². The van der Waals surface area contributed by atoms with E-state index in [-0.39, 0.29) is 5.16 Å². The van der Waals surface area contributed by atoms with Crippen molar-refractivity contribution in [3.63, 3.8) is 0 Å². The van der Waals surface area contributed by atoms with Gasteiger partial charge >= 0.3 is 11.9 Å². The van der Waals surface area contributed by atoms with Crippen LogP contribution in [0.4, 0.5) is 13.2 Å². The van der Waals surface area contributed by atoms with Crippen LogP contribution < -0.4 is 5.69 Å². The monoisotopic (exact) mass is 275 g/mol. The van der Waals surface area contributed by atoms with Gasteiger partial charge in [0.15, 0.2) is 5.16 Å². The van der Waals surface area contributed by atoms with Crippen LogP contribution in [0.5, 0.6) is 0 Å². The number of aryl methyl sites for hydroxylation is 1. The summed E-state index contributed by atoms with van der Waals surface area (Å²) in [6.45, 7) is 0. The Balaban J connectivity index is 0.00000106. The van der Waals surface area contributed by atoms with Crippen molar-refractivity contribution in [3.05, 3.63) is 10.5 Å². The molecule has 16 heavy (non-hydrogen) atoms. The number of aromatic nitrogens is 3. The first-order valence-electron chi connectivity index (χ1n) is 4.05. The van der Waals surface area contributed by atoms with Gasteiger partial charge in [0, 0.05) is 14.1 Å². The average Bonchev–Trinajstić information content (AvgIpc) is 2.45. The number of nitrogens with zero attached hydrogens (tertiary/aromatic N) is 3. The Morgan fingerprint density at radius 2 is 1.88 bits per heavy atom. The number of halogens is 3. The summed E-state index contributed by atoms with van der Waals surface area (Å²) in [6, 6.07) is 0. The highest BCUT2D eigenvalue weighted by Crippen LogP contribution is 2.24. The van der Waals surface area contributed by atoms with Crippen LogP contribution in [0.15, 0.2) is 9.95 Å². The largest absolute Gasteiger partial charge is 0.398 e. The van der Waals surface area contributed by atoms with Crippen LogP contribution in [-0.4, -0.2) is 32.5 Å². The van der Waals surface area contributed by atoms with E-state index in [4.69, 9.17) is 0 Å². The molecule has 0 aliphatic carbocycles. The smallest absolute Gasteiger partial charge is 0.273 e. The third-order valence-electron chi connectivity index (χ3n) is 1.45. The second-order valence-electron chi connectivity index (χ2n) is 2.65. The Bertz CT molecular complexity index is 385. The molecule has 1 aromatic rings. The number of hydrogen-bond acceptors (Lipinski definition) is 4. The second kappa shape index (κ2) is 6.24. The van der Waals surface area contributed by atoms with Crippen LogP contribution in [0, 0.1) is 0 Å². The van der Waals surface area contributed by atoms with Crippen molar-refractivity contribution in [1.29, 1.82) is 0 Å². The molecular weight excluding hydrogens is 263 g/mol. The van der Waals surface area contributed by atoms with Crippen LogP contribution in [0.1, 0.15) is 0 Å². The van der Waals surface area contributed by atoms with Gasteiger partial charge in [-0.2, -0.15) is 25.8 Å². The lowest BCUT2D eigenvalue weighted by atomic mass is 10.8. The van der Waals surface area contributed by atoms with Crippen molar-refractivity contribution in [2.24, 2.45) is 14.1 Å². The number of rotatable bonds is 2. The van der Waals surface area contributed by atoms with Crippen LogP contribution in [0.2, 0.25) is 0 Å². The third-order valence-corrected chi connectivity index (χ3v) is 2.54. The summed E-state index contributed by atoms with van der Waals surface area (Å²) < 4.78 is 37.6. The molecule has 0 aliphatic rings. The van der Waals surface area contributed by atoms with E-state index in [9.17, 15) is 18.0 Å². The van der Waals surface area contributed by atoms with Gasteiger partial charge in [-0.15, -0.1) is 5.10 Å². The summed E-state index contributed by atoms with van der Waals surface area (Å²) in [7, 11) is 2.77. The predicted octanol–water partition coefficient (Wildman–Crippen LogP) is 1.32. The maximum absolute atomic E-state index is 11.8. The summed E-state index contributed by atoms with van der Waals surface area (Å²) >= 11 is 4.02. The highest BCUT2D eigenvalue weighted by atomic mass is 32.2. The summed E-state index contributed by atoms with van der Waals surface area (Å²) in [5.41, 5.74) is -0.435. The molecule has 0 saturated heterocycles. The molecule has 0 unspecified atom stereocenters. The Morgan fingerprint density at radius 1 is 1.38 bits per heavy atom. The molecule has 0 aromatic carbocycles. The van der Waals surface area contributed by atoms with Gasteiger partial charge in [0.05, 0.1) is 5.75 Å². The fourth-order valence-electron chi connectivity index (χ4n) is 0.809. The molecule has 0 radical (unpaired) electrons. The summed E-state index contributed by atoms with van der Waals surface area (Å²) in [5.74, 6) is -1.04. The van der Waals surface area contributed by atoms with E-state index in [1.165, 1.54) is 14.1 Å². The van der Waals surface area contributed by atoms with Crippen molar-refractivity contribution in [2.45, 2.75) is 11.3 Å². The third kappa shape index (κ3) is 4.52. The Labute approximate surface area is 100 Å². The van der Waals surface area contributed by atoms with E-state index in [0.29, 0.717) is 11.8 Å². The van der Waals surface area contributed by atoms with Crippen LogP contribution in [0.25, 0.3) is 0 Å². The minimum atomic E-state index is -4.25. The standard InChI is InChI=1S/C6H8F3N3OS.CH4S/c1-11-4(10-12(2)5(11)13)14-3-6(7,8)9;1-2/h3H2,1-2H3;2H,1H3. The molecule has 0 N–H and O–H groups in total. The summed E-state index contributed by atoms with van der Waals surface area (Å²) in [6.07, 6.45) is -2.56. The molecule has 0 atom stereocenters. The lowest BCUT2D eigenvalue weighted by molar-refractivity contribution is -0.105. The number of thioether (sulfide) groups is 1. The fourth-order valence-corrected chi connectivity index (χ4v) is 1.55. The van der Waals surface area contributed by atoms with Crippen molar-refractivity contribution in [1.82, 2.24) is 14.3 Å². The minimum absolute atomic E-state index is 0.0647. The average molecular weight is 275 g/mol. The van der Waals surface area contributed by atoms with Crippen molar-refractivity contribution >= 4 is 24.4 Å². The van der Waals surface area contributed by atoms with Gasteiger partial charge in [0.25, 0.3) is 0 Å². The minimum Gasteiger partial charge on any atom is -0.273 e. The maximum atomic E-state index is 11.8. The van der Waals surface area contributed by atoms with Gasteiger partial charge in [-0.25, -0.2) is 9.48 Å². The SMILES string of the molecule is CS.Cn1nc(SCC(F)(F)F)n(C)c1=O. The van der Waals surface area contributed by atoms with E-state index in [0.717, 1.165) is 9.25 Å². The molecule has 0 spiro atoms. The molecule has 9 heteroatoms. The predicted molar refractivity (Wildman–Crippen MR) is 60.1 cm³/mol. The highest BCUT2D eigenvalue weighted by Gasteiger charge is 2.28. The molecule has 0 amide bonds. The zero-order valence-electron chi connectivity index (χ0n) is 8.95. The zero-order valence-corrected chi connectivity index (χ0v) is 10.7. The van der Waals surface area contributed by atoms with Gasteiger partial charge in [0.2, 0.25) is 0 Å². The van der Waals surface area contributed by atoms with Gasteiger partial charge in [-0.05, 0) is 6.26 Å². The number of hydrogen-bond donors (Lipinski definition) is 1. The van der Waals surface area contributed by atoms with E-state index in [1.807, 2.05) is 0 Å². The number of thiol groups is 1. The molecule has 0 fully saturated rings. The fraction of sp³-hybridized carbons (Fsp3) is 0.714. The molecular formula is C7H12F3N3OS2. The molecule has 4 nitrogen and oxygen atoms in total. The van der Waals surface area contributed by atoms with E-state index >= 15 is 0 Å².